The Labute approximate surface area is 198 Å². The minimum Gasteiger partial charge on any atom is -0.481 e. The van der Waals surface area contributed by atoms with Gasteiger partial charge in [-0.15, -0.1) is 0 Å². The molecule has 0 radical (unpaired) electrons. The molecule has 0 aliphatic heterocycles. The zero-order chi connectivity index (χ0) is 24.1. The molecular formula is C26H30N2O6. The highest BCUT2D eigenvalue weighted by molar-refractivity contribution is 5.91. The first-order valence-corrected chi connectivity index (χ1v) is 11.7. The van der Waals surface area contributed by atoms with E-state index in [2.05, 4.69) is 22.8 Å². The maximum absolute atomic E-state index is 12.9. The Balaban J connectivity index is 1.36. The van der Waals surface area contributed by atoms with E-state index in [1.54, 1.807) is 6.92 Å². The van der Waals surface area contributed by atoms with Crippen LogP contribution in [-0.2, 0) is 19.1 Å². The van der Waals surface area contributed by atoms with Crippen LogP contribution < -0.4 is 10.6 Å². The molecule has 0 spiro atoms. The predicted octanol–water partition coefficient (Wildman–Crippen LogP) is 3.44. The maximum Gasteiger partial charge on any atom is 0.408 e. The molecule has 2 amide bonds. The topological polar surface area (TPSA) is 114 Å². The standard InChI is InChI=1S/C26H30N2O6/c1-2-33-17(14-23(29)30)15-27-24(31)26(12-7-13-26)28-25(32)34-16-22-20-10-5-3-8-18(20)19-9-4-6-11-21(19)22/h3-6,8-11,17,22H,2,7,12-16H2,1H3,(H,27,31)(H,28,32)(H,29,30). The molecule has 1 saturated carbocycles. The van der Waals surface area contributed by atoms with Gasteiger partial charge < -0.3 is 25.2 Å². The normalized spacial score (nSPS) is 16.5. The Morgan fingerprint density at radius 2 is 1.68 bits per heavy atom. The minimum atomic E-state index is -1.04. The Kier molecular flexibility index (Phi) is 7.17. The van der Waals surface area contributed by atoms with Crippen LogP contribution in [0.15, 0.2) is 48.5 Å². The van der Waals surface area contributed by atoms with Crippen molar-refractivity contribution in [3.8, 4) is 11.1 Å². The van der Waals surface area contributed by atoms with Crippen LogP contribution in [0.25, 0.3) is 11.1 Å². The highest BCUT2D eigenvalue weighted by Gasteiger charge is 2.46. The average Bonchev–Trinajstić information content (AvgIpc) is 3.12. The van der Waals surface area contributed by atoms with Crippen LogP contribution in [0.4, 0.5) is 4.79 Å². The molecule has 2 aliphatic carbocycles. The quantitative estimate of drug-likeness (QED) is 0.494. The van der Waals surface area contributed by atoms with Crippen molar-refractivity contribution >= 4 is 18.0 Å². The minimum absolute atomic E-state index is 0.0626. The molecule has 4 rings (SSSR count). The Bertz CT molecular complexity index is 1020. The number of carboxylic acids is 1. The highest BCUT2D eigenvalue weighted by atomic mass is 16.5. The first kappa shape index (κ1) is 23.8. The van der Waals surface area contributed by atoms with Crippen molar-refractivity contribution in [1.29, 1.82) is 0 Å². The number of hydrogen-bond acceptors (Lipinski definition) is 5. The van der Waals surface area contributed by atoms with Gasteiger partial charge in [-0.3, -0.25) is 9.59 Å². The molecule has 0 saturated heterocycles. The molecule has 0 heterocycles. The molecule has 0 bridgehead atoms. The fourth-order valence-electron chi connectivity index (χ4n) is 4.77. The number of carboxylic acid groups (broad SMARTS) is 1. The summed E-state index contributed by atoms with van der Waals surface area (Å²) in [7, 11) is 0. The van der Waals surface area contributed by atoms with E-state index >= 15 is 0 Å². The monoisotopic (exact) mass is 466 g/mol. The second kappa shape index (κ2) is 10.3. The maximum atomic E-state index is 12.9. The lowest BCUT2D eigenvalue weighted by molar-refractivity contribution is -0.141. The van der Waals surface area contributed by atoms with Gasteiger partial charge in [0.15, 0.2) is 0 Å². The van der Waals surface area contributed by atoms with Crippen LogP contribution in [0, 0.1) is 0 Å². The number of nitrogens with one attached hydrogen (secondary N) is 2. The van der Waals surface area contributed by atoms with Gasteiger partial charge in [0.05, 0.1) is 12.5 Å². The largest absolute Gasteiger partial charge is 0.481 e. The van der Waals surface area contributed by atoms with E-state index in [4.69, 9.17) is 14.6 Å². The first-order valence-electron chi connectivity index (χ1n) is 11.7. The summed E-state index contributed by atoms with van der Waals surface area (Å²) in [6.45, 7) is 2.34. The van der Waals surface area contributed by atoms with E-state index in [-0.39, 0.29) is 31.4 Å². The number of carbonyl (C=O) groups is 3. The molecule has 2 aromatic carbocycles. The number of fused-ring (bicyclic) bond motifs is 3. The molecule has 8 heteroatoms. The van der Waals surface area contributed by atoms with Gasteiger partial charge in [-0.05, 0) is 48.4 Å². The molecule has 3 N–H and O–H groups in total. The molecule has 8 nitrogen and oxygen atoms in total. The third kappa shape index (κ3) is 4.92. The summed E-state index contributed by atoms with van der Waals surface area (Å²) in [5.74, 6) is -1.41. The van der Waals surface area contributed by atoms with E-state index in [0.717, 1.165) is 28.7 Å². The van der Waals surface area contributed by atoms with Crippen LogP contribution in [0.5, 0.6) is 0 Å². The van der Waals surface area contributed by atoms with Crippen LogP contribution in [0.1, 0.15) is 49.7 Å². The van der Waals surface area contributed by atoms with Crippen molar-refractivity contribution in [3.63, 3.8) is 0 Å². The molecule has 1 unspecified atom stereocenters. The third-order valence-electron chi connectivity index (χ3n) is 6.62. The summed E-state index contributed by atoms with van der Waals surface area (Å²) < 4.78 is 11.0. The van der Waals surface area contributed by atoms with Crippen molar-refractivity contribution in [2.24, 2.45) is 0 Å². The van der Waals surface area contributed by atoms with Gasteiger partial charge in [-0.2, -0.15) is 0 Å². The van der Waals surface area contributed by atoms with E-state index in [0.29, 0.717) is 19.4 Å². The van der Waals surface area contributed by atoms with Crippen molar-refractivity contribution in [1.82, 2.24) is 10.6 Å². The summed E-state index contributed by atoms with van der Waals surface area (Å²) in [5, 5.41) is 14.5. The van der Waals surface area contributed by atoms with Gasteiger partial charge in [-0.25, -0.2) is 4.79 Å². The summed E-state index contributed by atoms with van der Waals surface area (Å²) in [4.78, 5) is 36.6. The number of benzene rings is 2. The highest BCUT2D eigenvalue weighted by Crippen LogP contribution is 2.44. The zero-order valence-electron chi connectivity index (χ0n) is 19.2. The second-order valence-electron chi connectivity index (χ2n) is 8.77. The summed E-state index contributed by atoms with van der Waals surface area (Å²) in [6, 6.07) is 16.2. The van der Waals surface area contributed by atoms with Gasteiger partial charge in [0.2, 0.25) is 5.91 Å². The van der Waals surface area contributed by atoms with Crippen LogP contribution in [-0.4, -0.2) is 54.5 Å². The molecule has 34 heavy (non-hydrogen) atoms. The summed E-state index contributed by atoms with van der Waals surface area (Å²) in [5.41, 5.74) is 3.49. The molecule has 1 fully saturated rings. The van der Waals surface area contributed by atoms with Crippen LogP contribution in [0.2, 0.25) is 0 Å². The molecule has 2 aromatic rings. The second-order valence-corrected chi connectivity index (χ2v) is 8.77. The van der Waals surface area contributed by atoms with Crippen molar-refractivity contribution in [2.75, 3.05) is 19.8 Å². The van der Waals surface area contributed by atoms with Crippen LogP contribution >= 0.6 is 0 Å². The van der Waals surface area contributed by atoms with Gasteiger partial charge in [0.1, 0.15) is 12.1 Å². The lowest BCUT2D eigenvalue weighted by Crippen LogP contribution is -2.63. The van der Waals surface area contributed by atoms with E-state index in [1.807, 2.05) is 36.4 Å². The SMILES string of the molecule is CCOC(CNC(=O)C1(NC(=O)OCC2c3ccccc3-c3ccccc32)CCC1)CC(=O)O. The molecule has 1 atom stereocenters. The van der Waals surface area contributed by atoms with Gasteiger partial charge >= 0.3 is 12.1 Å². The van der Waals surface area contributed by atoms with E-state index < -0.39 is 23.7 Å². The van der Waals surface area contributed by atoms with Gasteiger partial charge in [-0.1, -0.05) is 48.5 Å². The number of carbonyl (C=O) groups excluding carboxylic acids is 2. The Morgan fingerprint density at radius 1 is 1.06 bits per heavy atom. The number of aliphatic carboxylic acids is 1. The lowest BCUT2D eigenvalue weighted by Gasteiger charge is -2.40. The zero-order valence-corrected chi connectivity index (χ0v) is 19.2. The van der Waals surface area contributed by atoms with Crippen molar-refractivity contribution in [2.45, 2.75) is 50.2 Å². The van der Waals surface area contributed by atoms with Gasteiger partial charge in [0, 0.05) is 19.1 Å². The number of rotatable bonds is 10. The number of alkyl carbamates (subject to hydrolysis) is 1. The summed E-state index contributed by atoms with van der Waals surface area (Å²) in [6.07, 6.45) is 0.339. The Hall–Kier alpha value is -3.39. The smallest absolute Gasteiger partial charge is 0.408 e. The lowest BCUT2D eigenvalue weighted by atomic mass is 9.76. The average molecular weight is 467 g/mol. The van der Waals surface area contributed by atoms with Crippen LogP contribution in [0.3, 0.4) is 0 Å². The Morgan fingerprint density at radius 3 is 2.21 bits per heavy atom. The van der Waals surface area contributed by atoms with Gasteiger partial charge in [0.25, 0.3) is 0 Å². The van der Waals surface area contributed by atoms with Crippen molar-refractivity contribution < 1.29 is 29.0 Å². The number of amides is 2. The van der Waals surface area contributed by atoms with E-state index in [9.17, 15) is 14.4 Å². The third-order valence-corrected chi connectivity index (χ3v) is 6.62. The molecule has 0 aromatic heterocycles. The van der Waals surface area contributed by atoms with E-state index in [1.165, 1.54) is 0 Å². The first-order chi connectivity index (χ1) is 16.4. The number of ether oxygens (including phenoxy) is 2. The summed E-state index contributed by atoms with van der Waals surface area (Å²) >= 11 is 0. The predicted molar refractivity (Wildman–Crippen MR) is 125 cm³/mol. The molecule has 180 valence electrons. The fraction of sp³-hybridized carbons (Fsp3) is 0.423. The molecule has 2 aliphatic rings. The molecular weight excluding hydrogens is 436 g/mol. The van der Waals surface area contributed by atoms with Crippen molar-refractivity contribution in [3.05, 3.63) is 59.7 Å². The number of hydrogen-bond donors (Lipinski definition) is 3. The fourth-order valence-corrected chi connectivity index (χ4v) is 4.77.